The van der Waals surface area contributed by atoms with Crippen LogP contribution < -0.4 is 10.2 Å². The highest BCUT2D eigenvalue weighted by atomic mass is 32.2. The van der Waals surface area contributed by atoms with E-state index in [0.29, 0.717) is 20.6 Å². The van der Waals surface area contributed by atoms with Crippen LogP contribution in [0.5, 0.6) is 0 Å². The van der Waals surface area contributed by atoms with E-state index in [2.05, 4.69) is 5.32 Å². The van der Waals surface area contributed by atoms with Crippen molar-refractivity contribution in [2.45, 2.75) is 13.8 Å². The second-order valence-electron chi connectivity index (χ2n) is 6.04. The number of hydrogen-bond donors (Lipinski definition) is 1. The molecule has 2 aromatic carbocycles. The third-order valence-electron chi connectivity index (χ3n) is 3.79. The summed E-state index contributed by atoms with van der Waals surface area (Å²) in [6.07, 6.45) is 3.88. The molecule has 1 aliphatic heterocycles. The SMILES string of the molecule is CC(=O)Nc1ccc(N2C(=O)/C(=C/C(C)=C/c3ccccc3)SC2=S)cc1. The number of hydrogen-bond acceptors (Lipinski definition) is 4. The first kappa shape index (κ1) is 19.1. The smallest absolute Gasteiger partial charge is 0.270 e. The molecule has 0 aliphatic carbocycles. The minimum absolute atomic E-state index is 0.141. The molecule has 1 saturated heterocycles. The van der Waals surface area contributed by atoms with Crippen molar-refractivity contribution in [3.63, 3.8) is 0 Å². The molecule has 0 saturated carbocycles. The van der Waals surface area contributed by atoms with Crippen LogP contribution in [0.4, 0.5) is 11.4 Å². The van der Waals surface area contributed by atoms with Crippen LogP contribution in [0.3, 0.4) is 0 Å². The van der Waals surface area contributed by atoms with Crippen molar-refractivity contribution in [1.82, 2.24) is 0 Å². The molecule has 1 N–H and O–H groups in total. The molecule has 1 fully saturated rings. The molecule has 27 heavy (non-hydrogen) atoms. The largest absolute Gasteiger partial charge is 0.326 e. The van der Waals surface area contributed by atoms with Gasteiger partial charge in [0.05, 0.1) is 10.6 Å². The van der Waals surface area contributed by atoms with Crippen molar-refractivity contribution in [3.8, 4) is 0 Å². The lowest BCUT2D eigenvalue weighted by Gasteiger charge is -2.15. The lowest BCUT2D eigenvalue weighted by molar-refractivity contribution is -0.114. The Kier molecular flexibility index (Phi) is 5.88. The number of rotatable bonds is 4. The molecule has 1 aliphatic rings. The number of carbonyl (C=O) groups excluding carboxylic acids is 2. The molecule has 6 heteroatoms. The molecule has 136 valence electrons. The van der Waals surface area contributed by atoms with Gasteiger partial charge in [-0.3, -0.25) is 14.5 Å². The Hall–Kier alpha value is -2.70. The zero-order valence-electron chi connectivity index (χ0n) is 14.9. The summed E-state index contributed by atoms with van der Waals surface area (Å²) in [5.41, 5.74) is 3.41. The van der Waals surface area contributed by atoms with Crippen LogP contribution in [0.2, 0.25) is 0 Å². The highest BCUT2D eigenvalue weighted by Gasteiger charge is 2.33. The van der Waals surface area contributed by atoms with Gasteiger partial charge in [-0.1, -0.05) is 60.4 Å². The predicted octanol–water partition coefficient (Wildman–Crippen LogP) is 5.00. The molecule has 2 amide bonds. The van der Waals surface area contributed by atoms with E-state index >= 15 is 0 Å². The van der Waals surface area contributed by atoms with E-state index in [0.717, 1.165) is 11.1 Å². The molecule has 3 rings (SSSR count). The fourth-order valence-electron chi connectivity index (χ4n) is 2.65. The fourth-order valence-corrected chi connectivity index (χ4v) is 4.00. The highest BCUT2D eigenvalue weighted by Crippen LogP contribution is 2.36. The van der Waals surface area contributed by atoms with Gasteiger partial charge in [0.1, 0.15) is 0 Å². The third-order valence-corrected chi connectivity index (χ3v) is 5.09. The van der Waals surface area contributed by atoms with Gasteiger partial charge in [-0.2, -0.15) is 0 Å². The van der Waals surface area contributed by atoms with Gasteiger partial charge in [-0.05, 0) is 48.4 Å². The summed E-state index contributed by atoms with van der Waals surface area (Å²) in [6.45, 7) is 3.41. The summed E-state index contributed by atoms with van der Waals surface area (Å²) in [4.78, 5) is 26.0. The molecule has 0 spiro atoms. The standard InChI is InChI=1S/C21H18N2O2S2/c1-14(12-16-6-4-3-5-7-16)13-19-20(25)23(21(26)27-19)18-10-8-17(9-11-18)22-15(2)24/h3-13H,1-2H3,(H,22,24)/b14-12+,19-13-. The van der Waals surface area contributed by atoms with Crippen LogP contribution in [0.25, 0.3) is 6.08 Å². The summed E-state index contributed by atoms with van der Waals surface area (Å²) >= 11 is 6.69. The van der Waals surface area contributed by atoms with Crippen molar-refractivity contribution in [2.75, 3.05) is 10.2 Å². The number of nitrogens with one attached hydrogen (secondary N) is 1. The quantitative estimate of drug-likeness (QED) is 0.586. The molecular formula is C21H18N2O2S2. The van der Waals surface area contributed by atoms with Crippen LogP contribution in [0.1, 0.15) is 19.4 Å². The summed E-state index contributed by atoms with van der Waals surface area (Å²) < 4.78 is 0.492. The summed E-state index contributed by atoms with van der Waals surface area (Å²) in [5, 5.41) is 2.70. The number of nitrogens with zero attached hydrogens (tertiary/aromatic N) is 1. The first-order valence-corrected chi connectivity index (χ1v) is 9.55. The van der Waals surface area contributed by atoms with E-state index in [1.165, 1.54) is 23.6 Å². The number of thiocarbonyl (C=S) groups is 1. The maximum Gasteiger partial charge on any atom is 0.270 e. The molecule has 0 unspecified atom stereocenters. The maximum absolute atomic E-state index is 12.8. The van der Waals surface area contributed by atoms with Crippen molar-refractivity contribution in [3.05, 3.63) is 76.7 Å². The zero-order valence-corrected chi connectivity index (χ0v) is 16.6. The molecule has 0 aromatic heterocycles. The number of carbonyl (C=O) groups is 2. The lowest BCUT2D eigenvalue weighted by Crippen LogP contribution is -2.27. The molecule has 2 aromatic rings. The second-order valence-corrected chi connectivity index (χ2v) is 7.72. The Morgan fingerprint density at radius 3 is 2.37 bits per heavy atom. The second kappa shape index (κ2) is 8.33. The van der Waals surface area contributed by atoms with Gasteiger partial charge in [-0.15, -0.1) is 0 Å². The van der Waals surface area contributed by atoms with Gasteiger partial charge in [0.15, 0.2) is 4.32 Å². The molecule has 0 radical (unpaired) electrons. The Bertz CT molecular complexity index is 948. The Labute approximate surface area is 168 Å². The average Bonchev–Trinajstić information content (AvgIpc) is 2.89. The Morgan fingerprint density at radius 2 is 1.74 bits per heavy atom. The first-order valence-electron chi connectivity index (χ1n) is 8.33. The predicted molar refractivity (Wildman–Crippen MR) is 117 cm³/mol. The van der Waals surface area contributed by atoms with Crippen LogP contribution in [0.15, 0.2) is 71.2 Å². The van der Waals surface area contributed by atoms with Gasteiger partial charge >= 0.3 is 0 Å². The number of benzene rings is 2. The van der Waals surface area contributed by atoms with Gasteiger partial charge in [-0.25, -0.2) is 0 Å². The highest BCUT2D eigenvalue weighted by molar-refractivity contribution is 8.27. The van der Waals surface area contributed by atoms with E-state index in [4.69, 9.17) is 12.2 Å². The fraction of sp³-hybridized carbons (Fsp3) is 0.0952. The van der Waals surface area contributed by atoms with Crippen LogP contribution >= 0.6 is 24.0 Å². The van der Waals surface area contributed by atoms with Crippen molar-refractivity contribution >= 4 is 57.6 Å². The first-order chi connectivity index (χ1) is 12.9. The van der Waals surface area contributed by atoms with Gasteiger partial charge < -0.3 is 5.32 Å². The van der Waals surface area contributed by atoms with Crippen molar-refractivity contribution in [2.24, 2.45) is 0 Å². The molecule has 4 nitrogen and oxygen atoms in total. The summed E-state index contributed by atoms with van der Waals surface area (Å²) in [5.74, 6) is -0.282. The third kappa shape index (κ3) is 4.72. The van der Waals surface area contributed by atoms with Crippen molar-refractivity contribution < 1.29 is 9.59 Å². The maximum atomic E-state index is 12.8. The number of thioether (sulfide) groups is 1. The minimum atomic E-state index is -0.142. The van der Waals surface area contributed by atoms with E-state index in [1.54, 1.807) is 24.3 Å². The molecule has 1 heterocycles. The number of anilines is 2. The minimum Gasteiger partial charge on any atom is -0.326 e. The van der Waals surface area contributed by atoms with E-state index in [1.807, 2.05) is 49.4 Å². The Balaban J connectivity index is 1.80. The van der Waals surface area contributed by atoms with E-state index in [-0.39, 0.29) is 11.8 Å². The van der Waals surface area contributed by atoms with Gasteiger partial charge in [0.2, 0.25) is 5.91 Å². The summed E-state index contributed by atoms with van der Waals surface area (Å²) in [7, 11) is 0. The number of allylic oxidation sites excluding steroid dienone is 2. The zero-order chi connectivity index (χ0) is 19.4. The van der Waals surface area contributed by atoms with Crippen LogP contribution in [-0.4, -0.2) is 16.1 Å². The van der Waals surface area contributed by atoms with Crippen LogP contribution in [-0.2, 0) is 9.59 Å². The van der Waals surface area contributed by atoms with Gasteiger partial charge in [0.25, 0.3) is 5.91 Å². The number of amides is 2. The molecular weight excluding hydrogens is 376 g/mol. The Morgan fingerprint density at radius 1 is 1.07 bits per heavy atom. The van der Waals surface area contributed by atoms with Crippen LogP contribution in [0, 0.1) is 0 Å². The van der Waals surface area contributed by atoms with E-state index < -0.39 is 0 Å². The monoisotopic (exact) mass is 394 g/mol. The summed E-state index contributed by atoms with van der Waals surface area (Å²) in [6, 6.07) is 17.0. The normalized spacial score (nSPS) is 16.1. The average molecular weight is 395 g/mol. The molecule has 0 atom stereocenters. The lowest BCUT2D eigenvalue weighted by atomic mass is 10.1. The molecule has 0 bridgehead atoms. The van der Waals surface area contributed by atoms with E-state index in [9.17, 15) is 9.59 Å². The van der Waals surface area contributed by atoms with Gasteiger partial charge in [0, 0.05) is 12.6 Å². The topological polar surface area (TPSA) is 49.4 Å². The van der Waals surface area contributed by atoms with Crippen molar-refractivity contribution in [1.29, 1.82) is 0 Å².